The van der Waals surface area contributed by atoms with Gasteiger partial charge in [-0.2, -0.15) is 0 Å². The van der Waals surface area contributed by atoms with Gasteiger partial charge in [-0.15, -0.1) is 0 Å². The smallest absolute Gasteiger partial charge is 0.759 e. The van der Waals surface area contributed by atoms with Crippen LogP contribution < -0.4 is 0 Å². The van der Waals surface area contributed by atoms with E-state index in [0.29, 0.717) is 0 Å². The standard InChI is InChI=1S/Ca.Mg.2H2O4S.7H2O/c;;2*1-5(2,3)4;;;;;;;/h;;2*(H2,1,2,3,4);7*1H2/q2*+2;;;;;;;;;/p-4. The van der Waals surface area contributed by atoms with E-state index in [4.69, 9.17) is 35.0 Å². The van der Waals surface area contributed by atoms with Gasteiger partial charge in [0.15, 0.2) is 0 Å². The molecular weight excluding hydrogens is 369 g/mol. The first kappa shape index (κ1) is 86.4. The van der Waals surface area contributed by atoms with Crippen molar-refractivity contribution in [1.29, 1.82) is 0 Å². The predicted octanol–water partition coefficient (Wildman–Crippen LogP) is -9.21. The molecule has 14 N–H and O–H groups in total. The summed E-state index contributed by atoms with van der Waals surface area (Å²) in [5, 5.41) is 0. The van der Waals surface area contributed by atoms with E-state index in [9.17, 15) is 0 Å². The Kier molecular flexibility index (Phi) is 167. The van der Waals surface area contributed by atoms with Crippen LogP contribution in [0.5, 0.6) is 0 Å². The van der Waals surface area contributed by atoms with Crippen molar-refractivity contribution in [2.24, 2.45) is 0 Å². The fourth-order valence-electron chi connectivity index (χ4n) is 0. The van der Waals surface area contributed by atoms with E-state index >= 15 is 0 Å². The second-order valence-electron chi connectivity index (χ2n) is 0.816. The molecule has 19 heavy (non-hydrogen) atoms. The van der Waals surface area contributed by atoms with Crippen LogP contribution in [0.3, 0.4) is 0 Å². The van der Waals surface area contributed by atoms with Crippen molar-refractivity contribution < 1.29 is 73.4 Å². The van der Waals surface area contributed by atoms with Gasteiger partial charge in [0.2, 0.25) is 0 Å². The molecule has 0 unspecified atom stereocenters. The maximum absolute atomic E-state index is 8.52. The Bertz CT molecular complexity index is 217. The van der Waals surface area contributed by atoms with E-state index in [0.717, 1.165) is 0 Å². The first-order valence-electron chi connectivity index (χ1n) is 1.33. The number of rotatable bonds is 0. The quantitative estimate of drug-likeness (QED) is 0.219. The largest absolute Gasteiger partial charge is 2.00 e. The van der Waals surface area contributed by atoms with Crippen LogP contribution in [0.4, 0.5) is 0 Å². The van der Waals surface area contributed by atoms with Crippen molar-refractivity contribution in [3.63, 3.8) is 0 Å². The fourth-order valence-corrected chi connectivity index (χ4v) is 0. The zero-order valence-corrected chi connectivity index (χ0v) is 14.3. The van der Waals surface area contributed by atoms with Crippen molar-refractivity contribution in [1.82, 2.24) is 0 Å². The second kappa shape index (κ2) is 36.6. The van der Waals surface area contributed by atoms with Crippen LogP contribution in [-0.4, -0.2) is 134 Å². The van der Waals surface area contributed by atoms with Gasteiger partial charge in [0.05, 0.1) is 0 Å². The Hall–Kier alpha value is 1.49. The summed E-state index contributed by atoms with van der Waals surface area (Å²) in [5.74, 6) is 0. The molecule has 0 saturated carbocycles. The molecule has 0 aliphatic carbocycles. The molecule has 0 spiro atoms. The van der Waals surface area contributed by atoms with Gasteiger partial charge in [-0.05, 0) is 0 Å². The minimum absolute atomic E-state index is 0. The minimum atomic E-state index is -5.17. The molecule has 0 fully saturated rings. The topological polar surface area (TPSA) is 381 Å². The Balaban J connectivity index is -0.00000000508. The van der Waals surface area contributed by atoms with Crippen molar-refractivity contribution in [2.75, 3.05) is 0 Å². The van der Waals surface area contributed by atoms with E-state index in [1.54, 1.807) is 0 Å². The number of hydrogen-bond acceptors (Lipinski definition) is 8. The summed E-state index contributed by atoms with van der Waals surface area (Å²) in [4.78, 5) is 0. The molecule has 0 atom stereocenters. The Morgan fingerprint density at radius 1 is 0.474 bits per heavy atom. The van der Waals surface area contributed by atoms with Crippen LogP contribution in [0, 0.1) is 0 Å². The van der Waals surface area contributed by atoms with Gasteiger partial charge in [0, 0.05) is 20.8 Å². The molecule has 0 rings (SSSR count). The molecule has 0 radical (unpaired) electrons. The average molecular weight is 383 g/mol. The Labute approximate surface area is 153 Å². The van der Waals surface area contributed by atoms with Crippen molar-refractivity contribution >= 4 is 81.6 Å². The van der Waals surface area contributed by atoms with Crippen LogP contribution in [0.25, 0.3) is 0 Å². The van der Waals surface area contributed by atoms with Gasteiger partial charge in [-0.1, -0.05) is 0 Å². The van der Waals surface area contributed by atoms with Gasteiger partial charge in [0.1, 0.15) is 0 Å². The average Bonchev–Trinajstić information content (AvgIpc) is 1.12. The molecule has 0 aliphatic rings. The SMILES string of the molecule is O.O.O.O.O.O.O.O=S(=O)([O-])[O-].O=S(=O)([O-])[O-].[Ca+2].[Mg+2]. The maximum atomic E-state index is 8.52. The van der Waals surface area contributed by atoms with Crippen molar-refractivity contribution in [2.45, 2.75) is 0 Å². The van der Waals surface area contributed by atoms with Gasteiger partial charge in [-0.25, -0.2) is 0 Å². The second-order valence-corrected chi connectivity index (χ2v) is 2.45. The molecule has 0 aromatic carbocycles. The Morgan fingerprint density at radius 2 is 0.474 bits per heavy atom. The summed E-state index contributed by atoms with van der Waals surface area (Å²) in [7, 11) is -10.3. The van der Waals surface area contributed by atoms with Crippen LogP contribution in [0.15, 0.2) is 0 Å². The molecule has 15 nitrogen and oxygen atoms in total. The van der Waals surface area contributed by atoms with Crippen LogP contribution in [0.2, 0.25) is 0 Å². The molecule has 0 aromatic rings. The molecular formula is H14CaMgO15S2. The van der Waals surface area contributed by atoms with E-state index < -0.39 is 20.8 Å². The van der Waals surface area contributed by atoms with E-state index in [-0.39, 0.29) is 99.1 Å². The van der Waals surface area contributed by atoms with Crippen molar-refractivity contribution in [3.05, 3.63) is 0 Å². The maximum Gasteiger partial charge on any atom is 2.00 e. The summed E-state index contributed by atoms with van der Waals surface area (Å²) in [6.45, 7) is 0. The van der Waals surface area contributed by atoms with Gasteiger partial charge < -0.3 is 56.5 Å². The van der Waals surface area contributed by atoms with Crippen molar-refractivity contribution in [3.8, 4) is 0 Å². The molecule has 0 heterocycles. The first-order chi connectivity index (χ1) is 4.00. The minimum Gasteiger partial charge on any atom is -0.759 e. The summed E-state index contributed by atoms with van der Waals surface area (Å²) >= 11 is 0. The summed E-state index contributed by atoms with van der Waals surface area (Å²) in [5.41, 5.74) is 0. The molecule has 0 aromatic heterocycles. The predicted molar refractivity (Wildman–Crippen MR) is 57.8 cm³/mol. The summed E-state index contributed by atoms with van der Waals surface area (Å²) in [6.07, 6.45) is 0. The Morgan fingerprint density at radius 3 is 0.474 bits per heavy atom. The van der Waals surface area contributed by atoms with Crippen LogP contribution in [-0.2, 0) is 20.8 Å². The molecule has 0 amide bonds. The van der Waals surface area contributed by atoms with Crippen LogP contribution >= 0.6 is 0 Å². The van der Waals surface area contributed by atoms with E-state index in [2.05, 4.69) is 0 Å². The third-order valence-corrected chi connectivity index (χ3v) is 0. The molecule has 0 aliphatic heterocycles. The van der Waals surface area contributed by atoms with Gasteiger partial charge >= 0.3 is 60.8 Å². The summed E-state index contributed by atoms with van der Waals surface area (Å²) in [6, 6.07) is 0. The zero-order chi connectivity index (χ0) is 9.00. The summed E-state index contributed by atoms with van der Waals surface area (Å²) < 4.78 is 68.2. The van der Waals surface area contributed by atoms with E-state index in [1.165, 1.54) is 0 Å². The first-order valence-corrected chi connectivity index (χ1v) is 4.00. The number of hydrogen-bond donors (Lipinski definition) is 0. The monoisotopic (exact) mass is 382 g/mol. The third kappa shape index (κ3) is 2700. The zero-order valence-electron chi connectivity index (χ0n) is 9.00. The molecule has 0 saturated heterocycles. The molecule has 0 bridgehead atoms. The van der Waals surface area contributed by atoms with Gasteiger partial charge in [-0.3, -0.25) is 16.8 Å². The normalized spacial score (nSPS) is 6.11. The molecule has 120 valence electrons. The van der Waals surface area contributed by atoms with Crippen LogP contribution in [0.1, 0.15) is 0 Å². The van der Waals surface area contributed by atoms with Gasteiger partial charge in [0.25, 0.3) is 0 Å². The van der Waals surface area contributed by atoms with E-state index in [1.807, 2.05) is 0 Å². The molecule has 19 heteroatoms. The fraction of sp³-hybridized carbons (Fsp3) is 0. The third-order valence-electron chi connectivity index (χ3n) is 0.